The van der Waals surface area contributed by atoms with Gasteiger partial charge < -0.3 is 11.5 Å². The fourth-order valence-electron chi connectivity index (χ4n) is 1.84. The first-order valence-electron chi connectivity index (χ1n) is 5.95. The summed E-state index contributed by atoms with van der Waals surface area (Å²) in [5.41, 5.74) is 15.8. The molecular formula is C14H14N4S2. The average Bonchev–Trinajstić information content (AvgIpc) is 2.39. The van der Waals surface area contributed by atoms with Gasteiger partial charge in [-0.3, -0.25) is 0 Å². The van der Waals surface area contributed by atoms with E-state index in [9.17, 15) is 0 Å². The molecule has 0 unspecified atom stereocenters. The second-order valence-corrected chi connectivity index (χ2v) is 5.33. The Morgan fingerprint density at radius 3 is 1.45 bits per heavy atom. The topological polar surface area (TPSA) is 77.8 Å². The number of hydrogen-bond acceptors (Lipinski definition) is 4. The predicted octanol–water partition coefficient (Wildman–Crippen LogP) is 2.03. The molecule has 102 valence electrons. The minimum Gasteiger partial charge on any atom is -0.388 e. The van der Waals surface area contributed by atoms with Crippen LogP contribution in [0.3, 0.4) is 0 Å². The maximum absolute atomic E-state index is 5.67. The van der Waals surface area contributed by atoms with Crippen molar-refractivity contribution in [3.05, 3.63) is 46.8 Å². The first kappa shape index (κ1) is 14.5. The number of nitrogens with zero attached hydrogens (tertiary/aromatic N) is 2. The van der Waals surface area contributed by atoms with E-state index in [2.05, 4.69) is 9.97 Å². The van der Waals surface area contributed by atoms with Crippen molar-refractivity contribution in [2.24, 2.45) is 11.5 Å². The molecule has 2 aromatic heterocycles. The molecule has 0 aliphatic heterocycles. The van der Waals surface area contributed by atoms with E-state index >= 15 is 0 Å². The van der Waals surface area contributed by atoms with Gasteiger partial charge in [0.15, 0.2) is 0 Å². The quantitative estimate of drug-likeness (QED) is 0.845. The van der Waals surface area contributed by atoms with Crippen LogP contribution < -0.4 is 11.5 Å². The number of nitrogens with two attached hydrogens (primary N) is 2. The minimum atomic E-state index is 0.269. The standard InChI is InChI=1S/C14H14N4S2/c1-7-3-5-9(17-11(7)13(15)19)10-6-4-8(2)12(18-10)14(16)20/h3-6H,1-2H3,(H2,15,19)(H2,16,20). The normalized spacial score (nSPS) is 10.3. The third kappa shape index (κ3) is 2.81. The molecule has 2 rings (SSSR count). The van der Waals surface area contributed by atoms with Crippen LogP contribution in [0.25, 0.3) is 11.4 Å². The van der Waals surface area contributed by atoms with Gasteiger partial charge in [-0.25, -0.2) is 9.97 Å². The Kier molecular flexibility index (Phi) is 4.06. The van der Waals surface area contributed by atoms with Crippen LogP contribution in [0.1, 0.15) is 22.5 Å². The number of aryl methyl sites for hydroxylation is 2. The van der Waals surface area contributed by atoms with Crippen LogP contribution >= 0.6 is 24.4 Å². The molecule has 0 amide bonds. The summed E-state index contributed by atoms with van der Waals surface area (Å²) in [5.74, 6) is 0. The zero-order valence-corrected chi connectivity index (χ0v) is 12.8. The van der Waals surface area contributed by atoms with Crippen molar-refractivity contribution >= 4 is 34.4 Å². The molecule has 2 heterocycles. The number of aromatic nitrogens is 2. The third-order valence-electron chi connectivity index (χ3n) is 2.92. The molecule has 0 atom stereocenters. The van der Waals surface area contributed by atoms with Gasteiger partial charge in [0.05, 0.1) is 11.4 Å². The summed E-state index contributed by atoms with van der Waals surface area (Å²) in [6.45, 7) is 3.82. The molecule has 0 aromatic carbocycles. The first-order chi connectivity index (χ1) is 9.40. The first-order valence-corrected chi connectivity index (χ1v) is 6.77. The summed E-state index contributed by atoms with van der Waals surface area (Å²) in [6, 6.07) is 7.58. The lowest BCUT2D eigenvalue weighted by atomic mass is 10.1. The lowest BCUT2D eigenvalue weighted by Crippen LogP contribution is -2.15. The largest absolute Gasteiger partial charge is 0.388 e. The van der Waals surface area contributed by atoms with Crippen molar-refractivity contribution in [3.63, 3.8) is 0 Å². The number of hydrogen-bond donors (Lipinski definition) is 2. The summed E-state index contributed by atoms with van der Waals surface area (Å²) in [4.78, 5) is 9.46. The Morgan fingerprint density at radius 1 is 0.800 bits per heavy atom. The van der Waals surface area contributed by atoms with E-state index in [0.29, 0.717) is 22.8 Å². The van der Waals surface area contributed by atoms with Gasteiger partial charge >= 0.3 is 0 Å². The molecule has 0 aliphatic rings. The van der Waals surface area contributed by atoms with Crippen LogP contribution in [0.15, 0.2) is 24.3 Å². The molecule has 6 heteroatoms. The van der Waals surface area contributed by atoms with Gasteiger partial charge in [-0.15, -0.1) is 0 Å². The van der Waals surface area contributed by atoms with Crippen LogP contribution in [0.4, 0.5) is 0 Å². The van der Waals surface area contributed by atoms with E-state index in [1.165, 1.54) is 0 Å². The third-order valence-corrected chi connectivity index (χ3v) is 3.31. The van der Waals surface area contributed by atoms with E-state index in [-0.39, 0.29) is 9.98 Å². The van der Waals surface area contributed by atoms with E-state index in [1.807, 2.05) is 38.1 Å². The summed E-state index contributed by atoms with van der Waals surface area (Å²) in [5, 5.41) is 0. The van der Waals surface area contributed by atoms with Gasteiger partial charge in [-0.05, 0) is 37.1 Å². The van der Waals surface area contributed by atoms with Crippen LogP contribution in [-0.4, -0.2) is 19.9 Å². The van der Waals surface area contributed by atoms with Gasteiger partial charge in [0.1, 0.15) is 21.4 Å². The van der Waals surface area contributed by atoms with Gasteiger partial charge in [0, 0.05) is 0 Å². The minimum absolute atomic E-state index is 0.269. The molecule has 0 spiro atoms. The Hall–Kier alpha value is -1.92. The highest BCUT2D eigenvalue weighted by Crippen LogP contribution is 2.19. The fourth-order valence-corrected chi connectivity index (χ4v) is 2.25. The lowest BCUT2D eigenvalue weighted by molar-refractivity contribution is 1.18. The average molecular weight is 302 g/mol. The Morgan fingerprint density at radius 2 is 1.15 bits per heavy atom. The van der Waals surface area contributed by atoms with E-state index < -0.39 is 0 Å². The van der Waals surface area contributed by atoms with Gasteiger partial charge in [-0.1, -0.05) is 36.6 Å². The summed E-state index contributed by atoms with van der Waals surface area (Å²) in [6.07, 6.45) is 0. The Labute approximate surface area is 128 Å². The maximum atomic E-state index is 5.67. The lowest BCUT2D eigenvalue weighted by Gasteiger charge is -2.09. The molecule has 4 nitrogen and oxygen atoms in total. The molecule has 0 radical (unpaired) electrons. The van der Waals surface area contributed by atoms with Crippen LogP contribution in [-0.2, 0) is 0 Å². The molecule has 4 N–H and O–H groups in total. The van der Waals surface area contributed by atoms with E-state index in [0.717, 1.165) is 11.1 Å². The van der Waals surface area contributed by atoms with E-state index in [1.54, 1.807) is 0 Å². The second-order valence-electron chi connectivity index (χ2n) is 4.45. The van der Waals surface area contributed by atoms with Gasteiger partial charge in [0.25, 0.3) is 0 Å². The van der Waals surface area contributed by atoms with E-state index in [4.69, 9.17) is 35.9 Å². The highest BCUT2D eigenvalue weighted by Gasteiger charge is 2.10. The SMILES string of the molecule is Cc1ccc(-c2ccc(C)c(C(N)=S)n2)nc1C(N)=S. The second kappa shape index (κ2) is 5.60. The van der Waals surface area contributed by atoms with Crippen molar-refractivity contribution in [1.29, 1.82) is 0 Å². The maximum Gasteiger partial charge on any atom is 0.122 e. The van der Waals surface area contributed by atoms with Crippen LogP contribution in [0.2, 0.25) is 0 Å². The number of thiocarbonyl (C=S) groups is 2. The summed E-state index contributed by atoms with van der Waals surface area (Å²) in [7, 11) is 0. The highest BCUT2D eigenvalue weighted by atomic mass is 32.1. The molecule has 20 heavy (non-hydrogen) atoms. The zero-order chi connectivity index (χ0) is 14.9. The molecule has 0 aliphatic carbocycles. The highest BCUT2D eigenvalue weighted by molar-refractivity contribution is 7.80. The van der Waals surface area contributed by atoms with Crippen molar-refractivity contribution in [1.82, 2.24) is 9.97 Å². The fraction of sp³-hybridized carbons (Fsp3) is 0.143. The van der Waals surface area contributed by atoms with Crippen molar-refractivity contribution in [2.45, 2.75) is 13.8 Å². The van der Waals surface area contributed by atoms with Crippen LogP contribution in [0.5, 0.6) is 0 Å². The number of rotatable bonds is 3. The molecule has 2 aromatic rings. The Bertz CT molecular complexity index is 649. The Balaban J connectivity index is 2.57. The monoisotopic (exact) mass is 302 g/mol. The molecular weight excluding hydrogens is 288 g/mol. The molecule has 0 saturated carbocycles. The van der Waals surface area contributed by atoms with Gasteiger partial charge in [-0.2, -0.15) is 0 Å². The number of pyridine rings is 2. The van der Waals surface area contributed by atoms with Crippen molar-refractivity contribution < 1.29 is 0 Å². The molecule has 0 bridgehead atoms. The van der Waals surface area contributed by atoms with Crippen LogP contribution in [0, 0.1) is 13.8 Å². The molecule has 0 fully saturated rings. The van der Waals surface area contributed by atoms with Crippen molar-refractivity contribution in [2.75, 3.05) is 0 Å². The van der Waals surface area contributed by atoms with Crippen molar-refractivity contribution in [3.8, 4) is 11.4 Å². The van der Waals surface area contributed by atoms with Gasteiger partial charge in [0.2, 0.25) is 0 Å². The predicted molar refractivity (Wildman–Crippen MR) is 88.7 cm³/mol. The molecule has 0 saturated heterocycles. The summed E-state index contributed by atoms with van der Waals surface area (Å²) >= 11 is 10.0. The smallest absolute Gasteiger partial charge is 0.122 e. The summed E-state index contributed by atoms with van der Waals surface area (Å²) < 4.78 is 0. The zero-order valence-electron chi connectivity index (χ0n) is 11.2.